The normalized spacial score (nSPS) is 17.2. The lowest BCUT2D eigenvalue weighted by Crippen LogP contribution is -2.50. The van der Waals surface area contributed by atoms with Gasteiger partial charge in [-0.25, -0.2) is 18.1 Å². The van der Waals surface area contributed by atoms with Crippen LogP contribution >= 0.6 is 0 Å². The highest BCUT2D eigenvalue weighted by Crippen LogP contribution is 2.33. The van der Waals surface area contributed by atoms with Crippen molar-refractivity contribution in [2.45, 2.75) is 49.6 Å². The molecule has 6 rings (SSSR count). The number of anilines is 1. The zero-order valence-corrected chi connectivity index (χ0v) is 22.8. The quantitative estimate of drug-likeness (QED) is 0.353. The van der Waals surface area contributed by atoms with Crippen LogP contribution in [0.4, 0.5) is 5.69 Å². The second-order valence-corrected chi connectivity index (χ2v) is 12.4. The van der Waals surface area contributed by atoms with Crippen LogP contribution in [0.1, 0.15) is 31.2 Å². The Labute approximate surface area is 231 Å². The summed E-state index contributed by atoms with van der Waals surface area (Å²) >= 11 is 0. The number of aliphatic hydroxyl groups is 1. The molecule has 0 radical (unpaired) electrons. The third kappa shape index (κ3) is 5.00. The van der Waals surface area contributed by atoms with Gasteiger partial charge in [0.1, 0.15) is 11.7 Å². The lowest BCUT2D eigenvalue weighted by molar-refractivity contribution is -0.137. The topological polar surface area (TPSA) is 139 Å². The van der Waals surface area contributed by atoms with Crippen LogP contribution in [0.3, 0.4) is 0 Å². The molecular formula is C28H30N6O5S. The SMILES string of the molecule is Cc1ccccc1S(=O)(=O)Nc1ccc(-n2ncc3c(=O)n(CC4(O)CCN(C(=O)C5CC5)CC4)cnc32)cc1. The zero-order chi connectivity index (χ0) is 28.1. The number of piperidine rings is 1. The van der Waals surface area contributed by atoms with Crippen molar-refractivity contribution >= 4 is 32.7 Å². The Balaban J connectivity index is 1.18. The van der Waals surface area contributed by atoms with Gasteiger partial charge in [0, 0.05) is 24.7 Å². The van der Waals surface area contributed by atoms with E-state index in [1.807, 2.05) is 4.90 Å². The highest BCUT2D eigenvalue weighted by Gasteiger charge is 2.39. The van der Waals surface area contributed by atoms with Gasteiger partial charge >= 0.3 is 0 Å². The Bertz CT molecular complexity index is 1750. The molecule has 1 saturated carbocycles. The fraction of sp³-hybridized carbons (Fsp3) is 0.357. The van der Waals surface area contributed by atoms with Crippen LogP contribution < -0.4 is 10.3 Å². The molecule has 1 aliphatic heterocycles. The van der Waals surface area contributed by atoms with E-state index in [4.69, 9.17) is 0 Å². The highest BCUT2D eigenvalue weighted by atomic mass is 32.2. The lowest BCUT2D eigenvalue weighted by atomic mass is 9.91. The van der Waals surface area contributed by atoms with E-state index >= 15 is 0 Å². The van der Waals surface area contributed by atoms with Gasteiger partial charge < -0.3 is 10.0 Å². The summed E-state index contributed by atoms with van der Waals surface area (Å²) < 4.78 is 31.1. The molecular weight excluding hydrogens is 532 g/mol. The Kier molecular flexibility index (Phi) is 6.46. The van der Waals surface area contributed by atoms with Gasteiger partial charge in [0.2, 0.25) is 5.91 Å². The van der Waals surface area contributed by atoms with Gasteiger partial charge in [-0.05, 0) is 68.5 Å². The van der Waals surface area contributed by atoms with Crippen LogP contribution in [-0.4, -0.2) is 62.4 Å². The third-order valence-corrected chi connectivity index (χ3v) is 9.24. The standard InChI is InChI=1S/C28H30N6O5S/c1-19-4-2-3-5-24(19)40(38,39)31-21-8-10-22(11-9-21)34-25-23(16-30-34)27(36)33(18-29-25)17-28(37)12-14-32(15-13-28)26(35)20-6-7-20/h2-5,8-11,16,18,20,31,37H,6-7,12-15,17H2,1H3. The number of aryl methyl sites for hydroxylation is 1. The van der Waals surface area contributed by atoms with Crippen LogP contribution in [-0.2, 0) is 21.4 Å². The number of nitrogens with one attached hydrogen (secondary N) is 1. The number of fused-ring (bicyclic) bond motifs is 1. The molecule has 2 aromatic carbocycles. The molecule has 2 fully saturated rings. The summed E-state index contributed by atoms with van der Waals surface area (Å²) in [7, 11) is -3.75. The van der Waals surface area contributed by atoms with Crippen LogP contribution in [0.25, 0.3) is 16.7 Å². The summed E-state index contributed by atoms with van der Waals surface area (Å²) in [5.74, 6) is 0.322. The molecule has 11 nitrogen and oxygen atoms in total. The monoisotopic (exact) mass is 562 g/mol. The molecule has 4 aromatic rings. The number of aromatic nitrogens is 4. The van der Waals surface area contributed by atoms with Gasteiger partial charge in [-0.2, -0.15) is 5.10 Å². The van der Waals surface area contributed by atoms with Crippen LogP contribution in [0.5, 0.6) is 0 Å². The van der Waals surface area contributed by atoms with Gasteiger partial charge in [0.15, 0.2) is 5.65 Å². The van der Waals surface area contributed by atoms with Crippen LogP contribution in [0.15, 0.2) is 70.7 Å². The second-order valence-electron chi connectivity index (χ2n) is 10.7. The summed E-state index contributed by atoms with van der Waals surface area (Å²) in [6.07, 6.45) is 5.55. The number of benzene rings is 2. The van der Waals surface area contributed by atoms with E-state index in [0.717, 1.165) is 12.8 Å². The number of nitrogens with zero attached hydrogens (tertiary/aromatic N) is 5. The predicted octanol–water partition coefficient (Wildman–Crippen LogP) is 2.45. The number of hydrogen-bond acceptors (Lipinski definition) is 7. The number of carbonyl (C=O) groups is 1. The average Bonchev–Trinajstić information content (AvgIpc) is 3.70. The average molecular weight is 563 g/mol. The zero-order valence-electron chi connectivity index (χ0n) is 22.0. The van der Waals surface area contributed by atoms with E-state index in [0.29, 0.717) is 53.9 Å². The summed E-state index contributed by atoms with van der Waals surface area (Å²) in [6.45, 7) is 2.78. The molecule has 3 heterocycles. The van der Waals surface area contributed by atoms with Crippen molar-refractivity contribution in [2.75, 3.05) is 17.8 Å². The summed E-state index contributed by atoms with van der Waals surface area (Å²) in [5, 5.41) is 15.8. The number of carbonyl (C=O) groups excluding carboxylic acids is 1. The molecule has 0 atom stereocenters. The van der Waals surface area contributed by atoms with Crippen molar-refractivity contribution in [1.82, 2.24) is 24.2 Å². The number of amides is 1. The van der Waals surface area contributed by atoms with E-state index in [9.17, 15) is 23.1 Å². The predicted molar refractivity (Wildman–Crippen MR) is 149 cm³/mol. The first-order valence-corrected chi connectivity index (χ1v) is 14.8. The van der Waals surface area contributed by atoms with E-state index in [2.05, 4.69) is 14.8 Å². The Hall–Kier alpha value is -4.03. The molecule has 1 saturated heterocycles. The maximum atomic E-state index is 13.2. The third-order valence-electron chi connectivity index (χ3n) is 7.70. The van der Waals surface area contributed by atoms with Gasteiger partial charge in [-0.1, -0.05) is 18.2 Å². The minimum atomic E-state index is -3.75. The van der Waals surface area contributed by atoms with Crippen LogP contribution in [0.2, 0.25) is 0 Å². The maximum Gasteiger partial charge on any atom is 0.264 e. The van der Waals surface area contributed by atoms with Gasteiger partial charge in [-0.3, -0.25) is 18.9 Å². The molecule has 40 heavy (non-hydrogen) atoms. The molecule has 0 spiro atoms. The Morgan fingerprint density at radius 3 is 2.48 bits per heavy atom. The fourth-order valence-corrected chi connectivity index (χ4v) is 6.50. The summed E-state index contributed by atoms with van der Waals surface area (Å²) in [6, 6.07) is 13.4. The summed E-state index contributed by atoms with van der Waals surface area (Å²) in [4.78, 5) is 32.1. The van der Waals surface area contributed by atoms with Gasteiger partial charge in [-0.15, -0.1) is 0 Å². The molecule has 208 valence electrons. The largest absolute Gasteiger partial charge is 0.388 e. The molecule has 2 aliphatic rings. The first kappa shape index (κ1) is 26.2. The maximum absolute atomic E-state index is 13.2. The van der Waals surface area contributed by atoms with Crippen molar-refractivity contribution in [2.24, 2.45) is 5.92 Å². The fourth-order valence-electron chi connectivity index (χ4n) is 5.20. The van der Waals surface area contributed by atoms with Gasteiger partial charge in [0.05, 0.1) is 28.9 Å². The first-order valence-electron chi connectivity index (χ1n) is 13.3. The van der Waals surface area contributed by atoms with E-state index in [1.54, 1.807) is 55.5 Å². The van der Waals surface area contributed by atoms with Crippen molar-refractivity contribution in [3.05, 3.63) is 77.0 Å². The molecule has 1 aliphatic carbocycles. The Morgan fingerprint density at radius 2 is 1.80 bits per heavy atom. The van der Waals surface area contributed by atoms with Crippen LogP contribution in [0, 0.1) is 12.8 Å². The van der Waals surface area contributed by atoms with Crippen molar-refractivity contribution in [3.8, 4) is 5.69 Å². The van der Waals surface area contributed by atoms with E-state index in [-0.39, 0.29) is 28.8 Å². The van der Waals surface area contributed by atoms with Gasteiger partial charge in [0.25, 0.3) is 15.6 Å². The minimum absolute atomic E-state index is 0.0845. The van der Waals surface area contributed by atoms with Crippen molar-refractivity contribution < 1.29 is 18.3 Å². The van der Waals surface area contributed by atoms with E-state index < -0.39 is 15.6 Å². The molecule has 2 N–H and O–H groups in total. The molecule has 0 bridgehead atoms. The number of sulfonamides is 1. The Morgan fingerprint density at radius 1 is 1.10 bits per heavy atom. The first-order chi connectivity index (χ1) is 19.1. The van der Waals surface area contributed by atoms with E-state index in [1.165, 1.54) is 21.8 Å². The number of likely N-dealkylation sites (tertiary alicyclic amines) is 1. The summed E-state index contributed by atoms with van der Waals surface area (Å²) in [5.41, 5.74) is 0.571. The molecule has 2 aromatic heterocycles. The van der Waals surface area contributed by atoms with Crippen molar-refractivity contribution in [3.63, 3.8) is 0 Å². The number of rotatable bonds is 7. The second kappa shape index (κ2) is 9.86. The highest BCUT2D eigenvalue weighted by molar-refractivity contribution is 7.92. The molecule has 0 unspecified atom stereocenters. The molecule has 12 heteroatoms. The number of hydrogen-bond donors (Lipinski definition) is 2. The molecule has 1 amide bonds. The smallest absolute Gasteiger partial charge is 0.264 e. The minimum Gasteiger partial charge on any atom is -0.388 e. The van der Waals surface area contributed by atoms with Crippen molar-refractivity contribution in [1.29, 1.82) is 0 Å². The lowest BCUT2D eigenvalue weighted by Gasteiger charge is -2.38.